The zero-order chi connectivity index (χ0) is 23.5. The molecule has 0 radical (unpaired) electrons. The molecule has 0 fully saturated rings. The van der Waals surface area contributed by atoms with Crippen molar-refractivity contribution in [3.05, 3.63) is 46.3 Å². The Morgan fingerprint density at radius 2 is 1.72 bits per heavy atom. The Labute approximate surface area is 198 Å². The summed E-state index contributed by atoms with van der Waals surface area (Å²) >= 11 is 6.71. The van der Waals surface area contributed by atoms with E-state index in [2.05, 4.69) is 16.1 Å². The zero-order valence-corrected chi connectivity index (χ0v) is 19.7. The van der Waals surface area contributed by atoms with Crippen molar-refractivity contribution in [3.63, 3.8) is 0 Å². The van der Waals surface area contributed by atoms with Crippen LogP contribution in [0.15, 0.2) is 35.4 Å². The average molecular weight is 481 g/mol. The highest BCUT2D eigenvalue weighted by molar-refractivity contribution is 8.24. The highest BCUT2D eigenvalue weighted by atomic mass is 32.2. The van der Waals surface area contributed by atoms with E-state index in [1.807, 2.05) is 30.3 Å². The number of carbonyl (C=O) groups is 1. The third-order valence-electron chi connectivity index (χ3n) is 4.00. The molecule has 9 nitrogen and oxygen atoms in total. The van der Waals surface area contributed by atoms with E-state index in [1.165, 1.54) is 11.8 Å². The van der Waals surface area contributed by atoms with E-state index < -0.39 is 4.75 Å². The Hall–Kier alpha value is -2.19. The van der Waals surface area contributed by atoms with Crippen LogP contribution in [0, 0.1) is 11.3 Å². The maximum atomic E-state index is 12.0. The van der Waals surface area contributed by atoms with E-state index in [0.717, 1.165) is 5.56 Å². The fourth-order valence-corrected chi connectivity index (χ4v) is 3.89. The minimum Gasteiger partial charge on any atom is -0.463 e. The molecule has 174 valence electrons. The molecular weight excluding hydrogens is 452 g/mol. The van der Waals surface area contributed by atoms with Crippen LogP contribution >= 0.6 is 24.0 Å². The number of thioether (sulfide) groups is 1. The van der Waals surface area contributed by atoms with Crippen LogP contribution in [0.4, 0.5) is 0 Å². The molecule has 1 rings (SSSR count). The normalized spacial score (nSPS) is 12.2. The van der Waals surface area contributed by atoms with Gasteiger partial charge in [0.1, 0.15) is 11.4 Å². The number of ether oxygens (including phenoxy) is 4. The quantitative estimate of drug-likeness (QED) is 0.0816. The van der Waals surface area contributed by atoms with Crippen molar-refractivity contribution < 1.29 is 23.7 Å². The summed E-state index contributed by atoms with van der Waals surface area (Å²) in [4.78, 5) is 14.6. The van der Waals surface area contributed by atoms with Crippen molar-refractivity contribution in [2.75, 3.05) is 52.8 Å². The van der Waals surface area contributed by atoms with Gasteiger partial charge in [-0.3, -0.25) is 4.79 Å². The molecule has 1 aromatic carbocycles. The van der Waals surface area contributed by atoms with Gasteiger partial charge in [-0.25, -0.2) is 0 Å². The molecule has 11 heteroatoms. The fourth-order valence-electron chi connectivity index (χ4n) is 2.29. The number of nitrogens with zero attached hydrogens (tertiary/aromatic N) is 4. The minimum atomic E-state index is -0.813. The molecule has 0 heterocycles. The number of esters is 1. The Bertz CT molecular complexity index is 784. The molecule has 0 aromatic heterocycles. The molecule has 0 saturated carbocycles. The minimum absolute atomic E-state index is 0.122. The lowest BCUT2D eigenvalue weighted by Crippen LogP contribution is -2.22. The first-order chi connectivity index (χ1) is 15.5. The van der Waals surface area contributed by atoms with Crippen molar-refractivity contribution in [3.8, 4) is 6.07 Å². The Kier molecular flexibility index (Phi) is 15.1. The van der Waals surface area contributed by atoms with Gasteiger partial charge in [0.2, 0.25) is 0 Å². The van der Waals surface area contributed by atoms with Gasteiger partial charge < -0.3 is 18.9 Å². The second kappa shape index (κ2) is 17.4. The third-order valence-corrected chi connectivity index (χ3v) is 5.66. The monoisotopic (exact) mass is 480 g/mol. The van der Waals surface area contributed by atoms with E-state index >= 15 is 0 Å². The molecule has 0 bridgehead atoms. The van der Waals surface area contributed by atoms with Crippen molar-refractivity contribution in [1.29, 1.82) is 5.26 Å². The van der Waals surface area contributed by atoms with E-state index in [1.54, 1.807) is 6.92 Å². The summed E-state index contributed by atoms with van der Waals surface area (Å²) in [7, 11) is 0. The number of carbonyl (C=O) groups excluding carboxylic acids is 1. The summed E-state index contributed by atoms with van der Waals surface area (Å²) in [6.07, 6.45) is 0.455. The number of nitriles is 1. The van der Waals surface area contributed by atoms with Gasteiger partial charge in [0.25, 0.3) is 0 Å². The van der Waals surface area contributed by atoms with Crippen LogP contribution < -0.4 is 0 Å². The van der Waals surface area contributed by atoms with Crippen LogP contribution in [-0.4, -0.2) is 67.7 Å². The second-order valence-electron chi connectivity index (χ2n) is 6.61. The highest BCUT2D eigenvalue weighted by Crippen LogP contribution is 2.33. The Morgan fingerprint density at radius 3 is 2.31 bits per heavy atom. The number of thiocarbonyl (C=S) groups is 1. The lowest BCUT2D eigenvalue weighted by atomic mass is 10.1. The molecule has 0 aliphatic heterocycles. The van der Waals surface area contributed by atoms with Gasteiger partial charge in [-0.1, -0.05) is 59.4 Å². The molecule has 0 spiro atoms. The van der Waals surface area contributed by atoms with E-state index in [9.17, 15) is 10.1 Å². The topological polar surface area (TPSA) is 127 Å². The van der Waals surface area contributed by atoms with Crippen LogP contribution in [0.25, 0.3) is 10.4 Å². The Balaban J connectivity index is 2.08. The number of hydrogen-bond donors (Lipinski definition) is 0. The lowest BCUT2D eigenvalue weighted by Gasteiger charge is -2.20. The highest BCUT2D eigenvalue weighted by Gasteiger charge is 2.28. The Morgan fingerprint density at radius 1 is 1.12 bits per heavy atom. The molecule has 0 aliphatic rings. The van der Waals surface area contributed by atoms with Gasteiger partial charge in [0, 0.05) is 17.9 Å². The van der Waals surface area contributed by atoms with Gasteiger partial charge in [-0.2, -0.15) is 5.26 Å². The van der Waals surface area contributed by atoms with Crippen molar-refractivity contribution in [2.45, 2.75) is 24.5 Å². The molecule has 1 aromatic rings. The maximum Gasteiger partial charge on any atom is 0.305 e. The first-order valence-electron chi connectivity index (χ1n) is 10.1. The predicted octanol–water partition coefficient (Wildman–Crippen LogP) is 4.06. The van der Waals surface area contributed by atoms with Crippen molar-refractivity contribution in [1.82, 2.24) is 0 Å². The van der Waals surface area contributed by atoms with Gasteiger partial charge in [-0.15, -0.1) is 0 Å². The zero-order valence-electron chi connectivity index (χ0n) is 18.1. The van der Waals surface area contributed by atoms with E-state index in [4.69, 9.17) is 36.7 Å². The van der Waals surface area contributed by atoms with Gasteiger partial charge >= 0.3 is 5.97 Å². The lowest BCUT2D eigenvalue weighted by molar-refractivity contribution is -0.145. The molecule has 0 N–H and O–H groups in total. The SMILES string of the molecule is CC(C#N)(CCC(=O)OCCOCCOCCOCCN=[N+]=[N-])SC(=S)c1ccccc1. The second-order valence-corrected chi connectivity index (χ2v) is 8.79. The first-order valence-corrected chi connectivity index (χ1v) is 11.3. The summed E-state index contributed by atoms with van der Waals surface area (Å²) in [6.45, 7) is 4.43. The largest absolute Gasteiger partial charge is 0.463 e. The molecular formula is C21H28N4O5S2. The van der Waals surface area contributed by atoms with Crippen molar-refractivity contribution in [2.24, 2.45) is 5.11 Å². The summed E-state index contributed by atoms with van der Waals surface area (Å²) in [5.41, 5.74) is 9.00. The maximum absolute atomic E-state index is 12.0. The fraction of sp³-hybridized carbons (Fsp3) is 0.571. The summed E-state index contributed by atoms with van der Waals surface area (Å²) < 4.78 is 20.8. The van der Waals surface area contributed by atoms with Crippen LogP contribution in [0.5, 0.6) is 0 Å². The van der Waals surface area contributed by atoms with Crippen molar-refractivity contribution >= 4 is 34.1 Å². The molecule has 32 heavy (non-hydrogen) atoms. The average Bonchev–Trinajstić information content (AvgIpc) is 2.81. The third kappa shape index (κ3) is 13.3. The van der Waals surface area contributed by atoms with Gasteiger partial charge in [0.05, 0.1) is 49.9 Å². The number of hydrogen-bond acceptors (Lipinski definition) is 9. The number of benzene rings is 1. The van der Waals surface area contributed by atoms with Crippen LogP contribution in [0.1, 0.15) is 25.3 Å². The summed E-state index contributed by atoms with van der Waals surface area (Å²) in [6, 6.07) is 11.7. The summed E-state index contributed by atoms with van der Waals surface area (Å²) in [5.74, 6) is -0.379. The van der Waals surface area contributed by atoms with Gasteiger partial charge in [0.15, 0.2) is 0 Å². The smallest absolute Gasteiger partial charge is 0.305 e. The van der Waals surface area contributed by atoms with E-state index in [0.29, 0.717) is 50.2 Å². The van der Waals surface area contributed by atoms with Crippen LogP contribution in [0.2, 0.25) is 0 Å². The summed E-state index contributed by atoms with van der Waals surface area (Å²) in [5, 5.41) is 12.9. The standard InChI is InChI=1S/C21H28N4O5S2/c1-21(17-22,32-20(31)18-5-3-2-4-6-18)8-7-19(26)30-16-15-29-14-13-28-12-11-27-10-9-24-25-23/h2-6H,7-16H2,1H3. The molecule has 1 unspecified atom stereocenters. The van der Waals surface area contributed by atoms with Crippen LogP contribution in [-0.2, 0) is 23.7 Å². The first kappa shape index (κ1) is 27.8. The van der Waals surface area contributed by atoms with E-state index in [-0.39, 0.29) is 25.6 Å². The molecule has 0 amide bonds. The number of azide groups is 1. The predicted molar refractivity (Wildman–Crippen MR) is 126 cm³/mol. The molecule has 1 atom stereocenters. The molecule has 0 aliphatic carbocycles. The van der Waals surface area contributed by atoms with Crippen LogP contribution in [0.3, 0.4) is 0 Å². The van der Waals surface area contributed by atoms with Gasteiger partial charge in [-0.05, 0) is 24.4 Å². The number of rotatable bonds is 17. The molecule has 0 saturated heterocycles.